The summed E-state index contributed by atoms with van der Waals surface area (Å²) in [5.41, 5.74) is 2.93. The van der Waals surface area contributed by atoms with Crippen LogP contribution in [0, 0.1) is 13.8 Å². The van der Waals surface area contributed by atoms with Crippen LogP contribution in [0.1, 0.15) is 50.3 Å². The SMILES string of the molecule is Cc1cc2c(cc1C)OC(C(=O)N[C@@H]1CCCN(C(=O)OC(C)(C)C)C1)C2. The topological polar surface area (TPSA) is 67.9 Å². The lowest BCUT2D eigenvalue weighted by Crippen LogP contribution is -2.53. The second-order valence-corrected chi connectivity index (χ2v) is 8.63. The van der Waals surface area contributed by atoms with Gasteiger partial charge in [0.25, 0.3) is 5.91 Å². The molecular weight excluding hydrogens is 344 g/mol. The van der Waals surface area contributed by atoms with Crippen molar-refractivity contribution in [3.05, 3.63) is 28.8 Å². The molecule has 2 aliphatic heterocycles. The minimum atomic E-state index is -0.521. The lowest BCUT2D eigenvalue weighted by atomic mass is 10.0. The zero-order chi connectivity index (χ0) is 19.8. The van der Waals surface area contributed by atoms with Gasteiger partial charge in [-0.3, -0.25) is 4.79 Å². The predicted octanol–water partition coefficient (Wildman–Crippen LogP) is 3.12. The molecule has 1 N–H and O–H groups in total. The maximum Gasteiger partial charge on any atom is 0.410 e. The fourth-order valence-corrected chi connectivity index (χ4v) is 3.54. The number of ether oxygens (including phenoxy) is 2. The Morgan fingerprint density at radius 2 is 1.93 bits per heavy atom. The molecule has 1 aromatic rings. The molecule has 1 aromatic carbocycles. The van der Waals surface area contributed by atoms with Crippen molar-refractivity contribution in [2.45, 2.75) is 71.6 Å². The Kier molecular flexibility index (Phi) is 5.36. The lowest BCUT2D eigenvalue weighted by molar-refractivity contribution is -0.128. The van der Waals surface area contributed by atoms with Crippen molar-refractivity contribution < 1.29 is 19.1 Å². The van der Waals surface area contributed by atoms with E-state index in [2.05, 4.69) is 18.3 Å². The molecular formula is C21H30N2O4. The quantitative estimate of drug-likeness (QED) is 0.864. The summed E-state index contributed by atoms with van der Waals surface area (Å²) < 4.78 is 11.3. The molecule has 27 heavy (non-hydrogen) atoms. The van der Waals surface area contributed by atoms with Gasteiger partial charge in [-0.15, -0.1) is 0 Å². The van der Waals surface area contributed by atoms with Crippen LogP contribution in [0.4, 0.5) is 4.79 Å². The maximum atomic E-state index is 12.7. The molecule has 148 valence electrons. The number of hydrogen-bond acceptors (Lipinski definition) is 4. The van der Waals surface area contributed by atoms with E-state index in [1.54, 1.807) is 4.90 Å². The van der Waals surface area contributed by atoms with Gasteiger partial charge in [0.2, 0.25) is 0 Å². The normalized spacial score (nSPS) is 22.0. The van der Waals surface area contributed by atoms with Crippen LogP contribution in [0.2, 0.25) is 0 Å². The van der Waals surface area contributed by atoms with Gasteiger partial charge in [0.1, 0.15) is 11.4 Å². The molecule has 2 atom stereocenters. The molecule has 0 aromatic heterocycles. The van der Waals surface area contributed by atoms with Crippen molar-refractivity contribution in [2.24, 2.45) is 0 Å². The highest BCUT2D eigenvalue weighted by atomic mass is 16.6. The third kappa shape index (κ3) is 4.73. The lowest BCUT2D eigenvalue weighted by Gasteiger charge is -2.34. The van der Waals surface area contributed by atoms with Gasteiger partial charge in [-0.1, -0.05) is 6.07 Å². The first kappa shape index (κ1) is 19.5. The molecule has 1 saturated heterocycles. The van der Waals surface area contributed by atoms with Crippen molar-refractivity contribution in [1.82, 2.24) is 10.2 Å². The summed E-state index contributed by atoms with van der Waals surface area (Å²) in [4.78, 5) is 26.6. The molecule has 0 spiro atoms. The second-order valence-electron chi connectivity index (χ2n) is 8.63. The van der Waals surface area contributed by atoms with E-state index in [1.807, 2.05) is 33.8 Å². The Morgan fingerprint density at radius 3 is 2.63 bits per heavy atom. The van der Waals surface area contributed by atoms with Crippen LogP contribution >= 0.6 is 0 Å². The number of benzene rings is 1. The maximum absolute atomic E-state index is 12.7. The molecule has 6 heteroatoms. The number of piperidine rings is 1. The Hall–Kier alpha value is -2.24. The number of likely N-dealkylation sites (tertiary alicyclic amines) is 1. The van der Waals surface area contributed by atoms with Crippen LogP contribution in [0.15, 0.2) is 12.1 Å². The van der Waals surface area contributed by atoms with Crippen molar-refractivity contribution >= 4 is 12.0 Å². The molecule has 0 bridgehead atoms. The van der Waals surface area contributed by atoms with Crippen molar-refractivity contribution in [2.75, 3.05) is 13.1 Å². The highest BCUT2D eigenvalue weighted by Gasteiger charge is 2.33. The number of hydrogen-bond donors (Lipinski definition) is 1. The van der Waals surface area contributed by atoms with Gasteiger partial charge in [0, 0.05) is 25.6 Å². The van der Waals surface area contributed by atoms with Crippen LogP contribution in [-0.2, 0) is 16.0 Å². The summed E-state index contributed by atoms with van der Waals surface area (Å²) in [6.07, 6.45) is 1.46. The van der Waals surface area contributed by atoms with Gasteiger partial charge in [0.15, 0.2) is 6.10 Å². The van der Waals surface area contributed by atoms with Crippen LogP contribution < -0.4 is 10.1 Å². The minimum Gasteiger partial charge on any atom is -0.480 e. The highest BCUT2D eigenvalue weighted by molar-refractivity contribution is 5.83. The number of aryl methyl sites for hydroxylation is 2. The van der Waals surface area contributed by atoms with Crippen molar-refractivity contribution in [3.63, 3.8) is 0 Å². The van der Waals surface area contributed by atoms with Gasteiger partial charge in [-0.2, -0.15) is 0 Å². The van der Waals surface area contributed by atoms with Crippen LogP contribution in [-0.4, -0.2) is 47.7 Å². The van der Waals surface area contributed by atoms with Gasteiger partial charge in [-0.25, -0.2) is 4.79 Å². The van der Waals surface area contributed by atoms with E-state index in [1.165, 1.54) is 5.56 Å². The van der Waals surface area contributed by atoms with Crippen LogP contribution in [0.25, 0.3) is 0 Å². The Morgan fingerprint density at radius 1 is 1.22 bits per heavy atom. The second kappa shape index (κ2) is 7.41. The van der Waals surface area contributed by atoms with Crippen LogP contribution in [0.3, 0.4) is 0 Å². The standard InChI is InChI=1S/C21H30N2O4/c1-13-9-15-11-18(26-17(15)10-14(13)2)19(24)22-16-7-6-8-23(12-16)20(25)27-21(3,4)5/h9-10,16,18H,6-8,11-12H2,1-5H3,(H,22,24)/t16-,18?/m1/s1. The molecule has 3 rings (SSSR count). The molecule has 2 heterocycles. The van der Waals surface area contributed by atoms with E-state index in [4.69, 9.17) is 9.47 Å². The third-order valence-electron chi connectivity index (χ3n) is 5.06. The van der Waals surface area contributed by atoms with Gasteiger partial charge >= 0.3 is 6.09 Å². The summed E-state index contributed by atoms with van der Waals surface area (Å²) in [6, 6.07) is 4.03. The highest BCUT2D eigenvalue weighted by Crippen LogP contribution is 2.31. The fourth-order valence-electron chi connectivity index (χ4n) is 3.54. The smallest absolute Gasteiger partial charge is 0.410 e. The zero-order valence-corrected chi connectivity index (χ0v) is 16.9. The number of nitrogens with one attached hydrogen (secondary N) is 1. The van der Waals surface area contributed by atoms with E-state index in [-0.39, 0.29) is 18.0 Å². The summed E-state index contributed by atoms with van der Waals surface area (Å²) in [5, 5.41) is 3.06. The van der Waals surface area contributed by atoms with E-state index in [0.29, 0.717) is 19.5 Å². The number of fused-ring (bicyclic) bond motifs is 1. The molecule has 0 saturated carbocycles. The number of carbonyl (C=O) groups excluding carboxylic acids is 2. The number of carbonyl (C=O) groups is 2. The van der Waals surface area contributed by atoms with Crippen LogP contribution in [0.5, 0.6) is 5.75 Å². The third-order valence-corrected chi connectivity index (χ3v) is 5.06. The molecule has 2 amide bonds. The molecule has 0 radical (unpaired) electrons. The van der Waals surface area contributed by atoms with Crippen molar-refractivity contribution in [1.29, 1.82) is 0 Å². The largest absolute Gasteiger partial charge is 0.480 e. The van der Waals surface area contributed by atoms with E-state index >= 15 is 0 Å². The van der Waals surface area contributed by atoms with E-state index < -0.39 is 11.7 Å². The summed E-state index contributed by atoms with van der Waals surface area (Å²) >= 11 is 0. The van der Waals surface area contributed by atoms with Gasteiger partial charge < -0.3 is 19.7 Å². The first-order valence-corrected chi connectivity index (χ1v) is 9.67. The summed E-state index contributed by atoms with van der Waals surface area (Å²) in [5.74, 6) is 0.690. The first-order valence-electron chi connectivity index (χ1n) is 9.67. The Balaban J connectivity index is 1.56. The van der Waals surface area contributed by atoms with Gasteiger partial charge in [0.05, 0.1) is 0 Å². The Bertz CT molecular complexity index is 707. The molecule has 2 aliphatic rings. The monoisotopic (exact) mass is 374 g/mol. The summed E-state index contributed by atoms with van der Waals surface area (Å²) in [6.45, 7) is 10.8. The number of nitrogens with zero attached hydrogens (tertiary/aromatic N) is 1. The average Bonchev–Trinajstić information content (AvgIpc) is 2.97. The molecule has 6 nitrogen and oxygen atoms in total. The van der Waals surface area contributed by atoms with E-state index in [9.17, 15) is 9.59 Å². The molecule has 1 unspecified atom stereocenters. The van der Waals surface area contributed by atoms with Crippen molar-refractivity contribution in [3.8, 4) is 5.75 Å². The predicted molar refractivity (Wildman–Crippen MR) is 103 cm³/mol. The zero-order valence-electron chi connectivity index (χ0n) is 16.9. The number of amides is 2. The van der Waals surface area contributed by atoms with E-state index in [0.717, 1.165) is 29.7 Å². The number of rotatable bonds is 2. The Labute approximate surface area is 161 Å². The molecule has 1 fully saturated rings. The minimum absolute atomic E-state index is 0.0745. The first-order chi connectivity index (χ1) is 12.6. The fraction of sp³-hybridized carbons (Fsp3) is 0.619. The molecule has 0 aliphatic carbocycles. The average molecular weight is 374 g/mol. The summed E-state index contributed by atoms with van der Waals surface area (Å²) in [7, 11) is 0. The van der Waals surface area contributed by atoms with Gasteiger partial charge in [-0.05, 0) is 70.2 Å².